The standard InChI is InChI=1S/C12H15NO2/c1-12(2,15)9-8-11(14)13-10-6-4-3-5-7-10/h3-9,15H,1-2H3,(H,13,14)/b9-8+. The number of anilines is 1. The molecule has 1 aromatic rings. The molecule has 0 bridgehead atoms. The number of nitrogens with one attached hydrogen (secondary N) is 1. The van der Waals surface area contributed by atoms with Crippen LogP contribution in [-0.4, -0.2) is 16.6 Å². The molecule has 3 nitrogen and oxygen atoms in total. The van der Waals surface area contributed by atoms with E-state index >= 15 is 0 Å². The number of amides is 1. The maximum absolute atomic E-state index is 11.4. The van der Waals surface area contributed by atoms with Crippen molar-refractivity contribution in [3.8, 4) is 0 Å². The van der Waals surface area contributed by atoms with Gasteiger partial charge >= 0.3 is 0 Å². The molecule has 80 valence electrons. The van der Waals surface area contributed by atoms with Gasteiger partial charge in [-0.25, -0.2) is 0 Å². The van der Waals surface area contributed by atoms with Crippen molar-refractivity contribution in [2.24, 2.45) is 0 Å². The summed E-state index contributed by atoms with van der Waals surface area (Å²) in [5.41, 5.74) is -0.225. The summed E-state index contributed by atoms with van der Waals surface area (Å²) in [4.78, 5) is 11.4. The van der Waals surface area contributed by atoms with Gasteiger partial charge in [0.25, 0.3) is 0 Å². The molecule has 0 aliphatic carbocycles. The first-order valence-corrected chi connectivity index (χ1v) is 4.75. The van der Waals surface area contributed by atoms with E-state index in [1.54, 1.807) is 26.0 Å². The number of carbonyl (C=O) groups excluding carboxylic acids is 1. The van der Waals surface area contributed by atoms with E-state index in [1.165, 1.54) is 12.2 Å². The molecule has 3 heteroatoms. The Morgan fingerprint density at radius 1 is 1.33 bits per heavy atom. The average Bonchev–Trinajstić information content (AvgIpc) is 2.15. The lowest BCUT2D eigenvalue weighted by molar-refractivity contribution is -0.112. The van der Waals surface area contributed by atoms with E-state index in [9.17, 15) is 9.90 Å². The summed E-state index contributed by atoms with van der Waals surface area (Å²) >= 11 is 0. The van der Waals surface area contributed by atoms with Crippen molar-refractivity contribution < 1.29 is 9.90 Å². The summed E-state index contributed by atoms with van der Waals surface area (Å²) in [5.74, 6) is -0.247. The lowest BCUT2D eigenvalue weighted by Gasteiger charge is -2.09. The maximum atomic E-state index is 11.4. The molecule has 15 heavy (non-hydrogen) atoms. The van der Waals surface area contributed by atoms with Gasteiger partial charge < -0.3 is 10.4 Å². The molecule has 0 heterocycles. The number of para-hydroxylation sites is 1. The minimum absolute atomic E-state index is 0.247. The van der Waals surface area contributed by atoms with E-state index in [0.717, 1.165) is 5.69 Å². The van der Waals surface area contributed by atoms with Crippen LogP contribution in [0.5, 0.6) is 0 Å². The highest BCUT2D eigenvalue weighted by atomic mass is 16.3. The van der Waals surface area contributed by atoms with Crippen molar-refractivity contribution in [1.82, 2.24) is 0 Å². The summed E-state index contributed by atoms with van der Waals surface area (Å²) in [6.07, 6.45) is 2.78. The lowest BCUT2D eigenvalue weighted by Crippen LogP contribution is -2.16. The SMILES string of the molecule is CC(C)(O)/C=C/C(=O)Nc1ccccc1. The number of hydrogen-bond acceptors (Lipinski definition) is 2. The van der Waals surface area contributed by atoms with Crippen LogP contribution < -0.4 is 5.32 Å². The van der Waals surface area contributed by atoms with Crippen LogP contribution in [0.25, 0.3) is 0 Å². The molecule has 0 saturated heterocycles. The fraction of sp³-hybridized carbons (Fsp3) is 0.250. The van der Waals surface area contributed by atoms with Gasteiger partial charge in [0.05, 0.1) is 5.60 Å². The summed E-state index contributed by atoms with van der Waals surface area (Å²) in [5, 5.41) is 12.0. The average molecular weight is 205 g/mol. The smallest absolute Gasteiger partial charge is 0.248 e. The molecule has 0 spiro atoms. The first-order chi connectivity index (χ1) is 6.97. The third kappa shape index (κ3) is 4.98. The van der Waals surface area contributed by atoms with Gasteiger partial charge in [0.2, 0.25) is 5.91 Å². The van der Waals surface area contributed by atoms with Gasteiger partial charge in [-0.2, -0.15) is 0 Å². The molecule has 1 rings (SSSR count). The van der Waals surface area contributed by atoms with Crippen LogP contribution in [0.4, 0.5) is 5.69 Å². The lowest BCUT2D eigenvalue weighted by atomic mass is 10.1. The molecule has 0 aromatic heterocycles. The van der Waals surface area contributed by atoms with Crippen LogP contribution in [0.15, 0.2) is 42.5 Å². The molecule has 1 aromatic carbocycles. The molecule has 0 atom stereocenters. The minimum Gasteiger partial charge on any atom is -0.386 e. The Labute approximate surface area is 89.4 Å². The number of aliphatic hydroxyl groups is 1. The van der Waals surface area contributed by atoms with Gasteiger partial charge in [-0.15, -0.1) is 0 Å². The summed E-state index contributed by atoms with van der Waals surface area (Å²) in [6.45, 7) is 3.22. The number of hydrogen-bond donors (Lipinski definition) is 2. The van der Waals surface area contributed by atoms with Crippen molar-refractivity contribution in [2.45, 2.75) is 19.4 Å². The van der Waals surface area contributed by atoms with E-state index in [4.69, 9.17) is 0 Å². The van der Waals surface area contributed by atoms with E-state index < -0.39 is 5.60 Å². The van der Waals surface area contributed by atoms with Crippen molar-refractivity contribution in [3.05, 3.63) is 42.5 Å². The van der Waals surface area contributed by atoms with E-state index in [2.05, 4.69) is 5.32 Å². The summed E-state index contributed by atoms with van der Waals surface area (Å²) < 4.78 is 0. The van der Waals surface area contributed by atoms with Crippen molar-refractivity contribution in [1.29, 1.82) is 0 Å². The molecule has 0 aliphatic heterocycles. The highest BCUT2D eigenvalue weighted by Crippen LogP contribution is 2.06. The fourth-order valence-corrected chi connectivity index (χ4v) is 0.985. The molecule has 0 unspecified atom stereocenters. The van der Waals surface area contributed by atoms with Gasteiger partial charge in [-0.05, 0) is 32.1 Å². The van der Waals surface area contributed by atoms with Crippen molar-refractivity contribution in [3.63, 3.8) is 0 Å². The zero-order valence-corrected chi connectivity index (χ0v) is 8.90. The Morgan fingerprint density at radius 2 is 1.93 bits per heavy atom. The Hall–Kier alpha value is -1.61. The normalized spacial score (nSPS) is 11.7. The first-order valence-electron chi connectivity index (χ1n) is 4.75. The second kappa shape index (κ2) is 4.75. The number of carbonyl (C=O) groups is 1. The van der Waals surface area contributed by atoms with Crippen molar-refractivity contribution >= 4 is 11.6 Å². The van der Waals surface area contributed by atoms with E-state index in [1.807, 2.05) is 18.2 Å². The molecular weight excluding hydrogens is 190 g/mol. The van der Waals surface area contributed by atoms with Gasteiger partial charge in [0.15, 0.2) is 0 Å². The second-order valence-electron chi connectivity index (χ2n) is 3.84. The van der Waals surface area contributed by atoms with Crippen LogP contribution in [-0.2, 0) is 4.79 Å². The largest absolute Gasteiger partial charge is 0.386 e. The minimum atomic E-state index is -0.964. The van der Waals surface area contributed by atoms with Gasteiger partial charge in [0, 0.05) is 11.8 Å². The third-order valence-electron chi connectivity index (χ3n) is 1.68. The molecular formula is C12H15NO2. The van der Waals surface area contributed by atoms with E-state index in [0.29, 0.717) is 0 Å². The first kappa shape index (κ1) is 11.5. The molecule has 0 radical (unpaired) electrons. The van der Waals surface area contributed by atoms with Crippen LogP contribution in [0.1, 0.15) is 13.8 Å². The zero-order valence-electron chi connectivity index (χ0n) is 8.90. The van der Waals surface area contributed by atoms with Gasteiger partial charge in [-0.3, -0.25) is 4.79 Å². The Balaban J connectivity index is 2.55. The topological polar surface area (TPSA) is 49.3 Å². The molecule has 1 amide bonds. The Morgan fingerprint density at radius 3 is 2.47 bits per heavy atom. The van der Waals surface area contributed by atoms with Crippen LogP contribution in [0.3, 0.4) is 0 Å². The zero-order chi connectivity index (χ0) is 11.3. The Bertz CT molecular complexity index is 350. The molecule has 0 saturated carbocycles. The quantitative estimate of drug-likeness (QED) is 0.741. The summed E-state index contributed by atoms with van der Waals surface area (Å²) in [7, 11) is 0. The number of benzene rings is 1. The van der Waals surface area contributed by atoms with Gasteiger partial charge in [0.1, 0.15) is 0 Å². The van der Waals surface area contributed by atoms with E-state index in [-0.39, 0.29) is 5.91 Å². The third-order valence-corrected chi connectivity index (χ3v) is 1.68. The highest BCUT2D eigenvalue weighted by molar-refractivity contribution is 5.99. The van der Waals surface area contributed by atoms with Crippen LogP contribution >= 0.6 is 0 Å². The van der Waals surface area contributed by atoms with Gasteiger partial charge in [-0.1, -0.05) is 18.2 Å². The number of rotatable bonds is 3. The predicted octanol–water partition coefficient (Wildman–Crippen LogP) is 1.95. The molecule has 0 fully saturated rings. The Kier molecular flexibility index (Phi) is 3.63. The molecule has 0 aliphatic rings. The highest BCUT2D eigenvalue weighted by Gasteiger charge is 2.07. The van der Waals surface area contributed by atoms with Crippen LogP contribution in [0, 0.1) is 0 Å². The summed E-state index contributed by atoms with van der Waals surface area (Å²) in [6, 6.07) is 9.17. The van der Waals surface area contributed by atoms with Crippen molar-refractivity contribution in [2.75, 3.05) is 5.32 Å². The van der Waals surface area contributed by atoms with Crippen LogP contribution in [0.2, 0.25) is 0 Å². The molecule has 2 N–H and O–H groups in total. The maximum Gasteiger partial charge on any atom is 0.248 e. The fourth-order valence-electron chi connectivity index (χ4n) is 0.985. The monoisotopic (exact) mass is 205 g/mol. The second-order valence-corrected chi connectivity index (χ2v) is 3.84. The predicted molar refractivity (Wildman–Crippen MR) is 60.5 cm³/mol.